The van der Waals surface area contributed by atoms with Gasteiger partial charge in [0.05, 0.1) is 45.6 Å². The molecule has 1 aliphatic heterocycles. The molecule has 35 heavy (non-hydrogen) atoms. The maximum atomic E-state index is 12.9. The summed E-state index contributed by atoms with van der Waals surface area (Å²) in [6, 6.07) is 9.28. The Morgan fingerprint density at radius 3 is 2.23 bits per heavy atom. The van der Waals surface area contributed by atoms with Gasteiger partial charge in [0.1, 0.15) is 0 Å². The molecule has 1 saturated heterocycles. The topological polar surface area (TPSA) is 113 Å². The molecule has 0 bridgehead atoms. The van der Waals surface area contributed by atoms with Gasteiger partial charge in [0.2, 0.25) is 11.7 Å². The van der Waals surface area contributed by atoms with Gasteiger partial charge in [0.25, 0.3) is 5.91 Å². The zero-order valence-electron chi connectivity index (χ0n) is 21.1. The largest absolute Gasteiger partial charge is 0.493 e. The maximum Gasteiger partial charge on any atom is 0.254 e. The summed E-state index contributed by atoms with van der Waals surface area (Å²) < 4.78 is 23.7. The van der Waals surface area contributed by atoms with Crippen LogP contribution in [0, 0.1) is 0 Å². The van der Waals surface area contributed by atoms with Gasteiger partial charge in [-0.3, -0.25) is 4.79 Å². The van der Waals surface area contributed by atoms with E-state index in [9.17, 15) is 4.79 Å². The number of morpholine rings is 1. The third kappa shape index (κ3) is 5.77. The summed E-state index contributed by atoms with van der Waals surface area (Å²) in [5.74, 6) is 2.29. The fourth-order valence-corrected chi connectivity index (χ4v) is 3.90. The molecule has 1 aromatic heterocycles. The van der Waals surface area contributed by atoms with Crippen molar-refractivity contribution < 1.29 is 23.7 Å². The highest BCUT2D eigenvalue weighted by molar-refractivity contribution is 5.98. The molecule has 2 heterocycles. The van der Waals surface area contributed by atoms with Crippen molar-refractivity contribution in [1.29, 1.82) is 0 Å². The van der Waals surface area contributed by atoms with E-state index in [0.29, 0.717) is 61.6 Å². The molecule has 0 atom stereocenters. The molecule has 10 nitrogen and oxygen atoms in total. The number of nitrogens with two attached hydrogens (primary N) is 1. The van der Waals surface area contributed by atoms with Gasteiger partial charge < -0.3 is 39.5 Å². The SMILES string of the molecule is CCN.CCn1c(Nc2cc(OC)c(OC)c(OC)c2)nc2ccc(C(=O)N3CCOCC3)cc21. The summed E-state index contributed by atoms with van der Waals surface area (Å²) in [5, 5.41) is 3.35. The Labute approximate surface area is 205 Å². The molecule has 4 rings (SSSR count). The molecule has 1 fully saturated rings. The molecule has 190 valence electrons. The van der Waals surface area contributed by atoms with E-state index in [1.54, 1.807) is 21.3 Å². The molecule has 0 saturated carbocycles. The number of carbonyl (C=O) groups excluding carboxylic acids is 1. The number of nitrogens with one attached hydrogen (secondary N) is 1. The maximum absolute atomic E-state index is 12.9. The first-order chi connectivity index (χ1) is 17.0. The first-order valence-electron chi connectivity index (χ1n) is 11.7. The molecule has 3 N–H and O–H groups in total. The first kappa shape index (κ1) is 26.1. The number of fused-ring (bicyclic) bond motifs is 1. The number of carbonyl (C=O) groups is 1. The molecule has 2 aromatic carbocycles. The number of amides is 1. The summed E-state index contributed by atoms with van der Waals surface area (Å²) in [4.78, 5) is 19.5. The van der Waals surface area contributed by atoms with Crippen LogP contribution in [0.3, 0.4) is 0 Å². The van der Waals surface area contributed by atoms with E-state index in [2.05, 4.69) is 5.32 Å². The summed E-state index contributed by atoms with van der Waals surface area (Å²) in [5.41, 5.74) is 7.93. The van der Waals surface area contributed by atoms with Crippen LogP contribution in [0.25, 0.3) is 11.0 Å². The van der Waals surface area contributed by atoms with Gasteiger partial charge in [-0.25, -0.2) is 4.98 Å². The van der Waals surface area contributed by atoms with Crippen LogP contribution in [0.2, 0.25) is 0 Å². The molecular formula is C25H35N5O5. The Kier molecular flexibility index (Phi) is 9.16. The number of imidazole rings is 1. The zero-order chi connectivity index (χ0) is 25.4. The standard InChI is InChI=1S/C23H28N4O5.C2H7N/c1-5-27-18-12-15(22(28)26-8-10-32-11-9-26)6-7-17(18)25-23(27)24-16-13-19(29-2)21(31-4)20(14-16)30-3;1-2-3/h6-7,12-14H,5,8-11H2,1-4H3,(H,24,25);2-3H2,1H3. The van der Waals surface area contributed by atoms with Gasteiger partial charge in [-0.1, -0.05) is 6.92 Å². The van der Waals surface area contributed by atoms with Gasteiger partial charge in [-0.15, -0.1) is 0 Å². The van der Waals surface area contributed by atoms with Gasteiger partial charge in [-0.2, -0.15) is 0 Å². The number of nitrogens with zero attached hydrogens (tertiary/aromatic N) is 3. The Balaban J connectivity index is 0.00000108. The lowest BCUT2D eigenvalue weighted by molar-refractivity contribution is 0.0303. The number of rotatable bonds is 7. The normalized spacial score (nSPS) is 13.1. The van der Waals surface area contributed by atoms with Gasteiger partial charge in [-0.05, 0) is 31.7 Å². The Bertz CT molecular complexity index is 1120. The molecule has 0 radical (unpaired) electrons. The molecule has 1 aliphatic rings. The van der Waals surface area contributed by atoms with Gasteiger partial charge >= 0.3 is 0 Å². The van der Waals surface area contributed by atoms with Crippen LogP contribution in [0.4, 0.5) is 11.6 Å². The van der Waals surface area contributed by atoms with Crippen molar-refractivity contribution >= 4 is 28.6 Å². The van der Waals surface area contributed by atoms with Crippen LogP contribution < -0.4 is 25.3 Å². The van der Waals surface area contributed by atoms with Gasteiger partial charge in [0, 0.05) is 43.0 Å². The van der Waals surface area contributed by atoms with Crippen LogP contribution in [0.5, 0.6) is 17.2 Å². The lowest BCUT2D eigenvalue weighted by Gasteiger charge is -2.26. The highest BCUT2D eigenvalue weighted by Gasteiger charge is 2.21. The molecule has 3 aromatic rings. The number of benzene rings is 2. The predicted octanol–water partition coefficient (Wildman–Crippen LogP) is 3.26. The van der Waals surface area contributed by atoms with E-state index in [0.717, 1.165) is 23.3 Å². The Morgan fingerprint density at radius 1 is 1.06 bits per heavy atom. The van der Waals surface area contributed by atoms with Crippen LogP contribution in [-0.2, 0) is 11.3 Å². The minimum absolute atomic E-state index is 0.0122. The zero-order valence-corrected chi connectivity index (χ0v) is 21.1. The average molecular weight is 486 g/mol. The Hall–Kier alpha value is -3.50. The highest BCUT2D eigenvalue weighted by Crippen LogP contribution is 2.40. The van der Waals surface area contributed by atoms with E-state index in [4.69, 9.17) is 29.7 Å². The number of aromatic nitrogens is 2. The van der Waals surface area contributed by atoms with Crippen molar-refractivity contribution in [2.45, 2.75) is 20.4 Å². The second kappa shape index (κ2) is 12.3. The van der Waals surface area contributed by atoms with E-state index in [1.807, 2.05) is 53.6 Å². The summed E-state index contributed by atoms with van der Waals surface area (Å²) in [6.45, 7) is 7.74. The molecule has 0 unspecified atom stereocenters. The van der Waals surface area contributed by atoms with E-state index in [1.165, 1.54) is 0 Å². The quantitative estimate of drug-likeness (QED) is 0.524. The molecule has 1 amide bonds. The first-order valence-corrected chi connectivity index (χ1v) is 11.7. The summed E-state index contributed by atoms with van der Waals surface area (Å²) in [7, 11) is 4.73. The van der Waals surface area contributed by atoms with E-state index < -0.39 is 0 Å². The van der Waals surface area contributed by atoms with E-state index >= 15 is 0 Å². The van der Waals surface area contributed by atoms with Crippen molar-refractivity contribution in [2.24, 2.45) is 5.73 Å². The highest BCUT2D eigenvalue weighted by atomic mass is 16.5. The fraction of sp³-hybridized carbons (Fsp3) is 0.440. The molecule has 10 heteroatoms. The fourth-order valence-electron chi connectivity index (χ4n) is 3.90. The Morgan fingerprint density at radius 2 is 1.69 bits per heavy atom. The minimum atomic E-state index is 0.0122. The van der Waals surface area contributed by atoms with E-state index in [-0.39, 0.29) is 5.91 Å². The number of aryl methyl sites for hydroxylation is 1. The van der Waals surface area contributed by atoms with Crippen molar-refractivity contribution in [1.82, 2.24) is 14.5 Å². The van der Waals surface area contributed by atoms with Crippen molar-refractivity contribution in [3.8, 4) is 17.2 Å². The van der Waals surface area contributed by atoms with Crippen LogP contribution >= 0.6 is 0 Å². The number of hydrogen-bond donors (Lipinski definition) is 2. The molecular weight excluding hydrogens is 450 g/mol. The minimum Gasteiger partial charge on any atom is -0.493 e. The predicted molar refractivity (Wildman–Crippen MR) is 136 cm³/mol. The third-order valence-corrected chi connectivity index (χ3v) is 5.53. The van der Waals surface area contributed by atoms with Crippen LogP contribution in [0.15, 0.2) is 30.3 Å². The lowest BCUT2D eigenvalue weighted by atomic mass is 10.1. The smallest absolute Gasteiger partial charge is 0.254 e. The van der Waals surface area contributed by atoms with Gasteiger partial charge in [0.15, 0.2) is 11.5 Å². The number of hydrogen-bond acceptors (Lipinski definition) is 8. The number of anilines is 2. The number of ether oxygens (including phenoxy) is 4. The second-order valence-corrected chi connectivity index (χ2v) is 7.73. The van der Waals surface area contributed by atoms with Crippen molar-refractivity contribution in [3.63, 3.8) is 0 Å². The molecule has 0 spiro atoms. The second-order valence-electron chi connectivity index (χ2n) is 7.73. The molecule has 0 aliphatic carbocycles. The van der Waals surface area contributed by atoms with Crippen LogP contribution in [0.1, 0.15) is 24.2 Å². The third-order valence-electron chi connectivity index (χ3n) is 5.53. The van der Waals surface area contributed by atoms with Crippen molar-refractivity contribution in [3.05, 3.63) is 35.9 Å². The summed E-state index contributed by atoms with van der Waals surface area (Å²) >= 11 is 0. The van der Waals surface area contributed by atoms with Crippen molar-refractivity contribution in [2.75, 3.05) is 59.5 Å². The number of methoxy groups -OCH3 is 3. The summed E-state index contributed by atoms with van der Waals surface area (Å²) in [6.07, 6.45) is 0. The lowest BCUT2D eigenvalue weighted by Crippen LogP contribution is -2.40. The van der Waals surface area contributed by atoms with Crippen LogP contribution in [-0.4, -0.2) is 74.5 Å². The average Bonchev–Trinajstić information content (AvgIpc) is 3.24. The monoisotopic (exact) mass is 485 g/mol.